The van der Waals surface area contributed by atoms with Crippen molar-refractivity contribution in [3.63, 3.8) is 0 Å². The predicted octanol–water partition coefficient (Wildman–Crippen LogP) is 1.76. The van der Waals surface area contributed by atoms with Gasteiger partial charge in [-0.05, 0) is 18.8 Å². The van der Waals surface area contributed by atoms with Crippen molar-refractivity contribution in [3.05, 3.63) is 12.2 Å². The predicted molar refractivity (Wildman–Crippen MR) is 43.0 cm³/mol. The molecule has 0 saturated carbocycles. The molecule has 0 heterocycles. The summed E-state index contributed by atoms with van der Waals surface area (Å²) in [5.74, 6) is 0.458. The Morgan fingerprint density at radius 3 is 2.64 bits per heavy atom. The van der Waals surface area contributed by atoms with E-state index in [1.54, 1.807) is 0 Å². The average molecular weight is 154 g/mol. The summed E-state index contributed by atoms with van der Waals surface area (Å²) in [5.41, 5.74) is 0. The smallest absolute Gasteiger partial charge is 0.309 e. The van der Waals surface area contributed by atoms with Crippen molar-refractivity contribution >= 4 is 5.97 Å². The molecule has 2 nitrogen and oxygen atoms in total. The number of carbonyl (C=O) groups is 1. The SMILES string of the molecule is COC(=O)[C@H]1CC=CC[C@@H]1C. The third-order valence-electron chi connectivity index (χ3n) is 2.26. The van der Waals surface area contributed by atoms with Crippen LogP contribution in [0, 0.1) is 11.8 Å². The third kappa shape index (κ3) is 1.82. The average Bonchev–Trinajstić information content (AvgIpc) is 2.04. The molecule has 0 bridgehead atoms. The number of carbonyl (C=O) groups excluding carboxylic acids is 1. The fourth-order valence-corrected chi connectivity index (χ4v) is 1.43. The maximum Gasteiger partial charge on any atom is 0.309 e. The van der Waals surface area contributed by atoms with E-state index in [9.17, 15) is 4.79 Å². The first-order valence-corrected chi connectivity index (χ1v) is 3.98. The van der Waals surface area contributed by atoms with Crippen LogP contribution in [0.2, 0.25) is 0 Å². The van der Waals surface area contributed by atoms with Crippen LogP contribution in [0.25, 0.3) is 0 Å². The molecule has 0 aromatic rings. The quantitative estimate of drug-likeness (QED) is 0.425. The van der Waals surface area contributed by atoms with E-state index in [-0.39, 0.29) is 11.9 Å². The molecule has 1 aliphatic carbocycles. The summed E-state index contributed by atoms with van der Waals surface area (Å²) in [5, 5.41) is 0. The molecule has 62 valence electrons. The Kier molecular flexibility index (Phi) is 2.69. The van der Waals surface area contributed by atoms with Gasteiger partial charge in [-0.25, -0.2) is 0 Å². The van der Waals surface area contributed by atoms with Gasteiger partial charge in [0.15, 0.2) is 0 Å². The lowest BCUT2D eigenvalue weighted by Gasteiger charge is -2.22. The van der Waals surface area contributed by atoms with E-state index in [0.717, 1.165) is 12.8 Å². The van der Waals surface area contributed by atoms with Crippen molar-refractivity contribution in [2.24, 2.45) is 11.8 Å². The van der Waals surface area contributed by atoms with E-state index in [1.165, 1.54) is 7.11 Å². The van der Waals surface area contributed by atoms with Gasteiger partial charge >= 0.3 is 5.97 Å². The second-order valence-corrected chi connectivity index (χ2v) is 3.05. The molecule has 2 heteroatoms. The maximum atomic E-state index is 11.1. The molecule has 0 radical (unpaired) electrons. The molecule has 0 amide bonds. The minimum atomic E-state index is -0.0677. The van der Waals surface area contributed by atoms with Crippen LogP contribution < -0.4 is 0 Å². The summed E-state index contributed by atoms with van der Waals surface area (Å²) in [4.78, 5) is 11.1. The molecule has 0 aliphatic heterocycles. The van der Waals surface area contributed by atoms with E-state index < -0.39 is 0 Å². The number of allylic oxidation sites excluding steroid dienone is 2. The van der Waals surface area contributed by atoms with Gasteiger partial charge in [-0.15, -0.1) is 0 Å². The Morgan fingerprint density at radius 1 is 1.45 bits per heavy atom. The number of methoxy groups -OCH3 is 1. The molecule has 0 saturated heterocycles. The summed E-state index contributed by atoms with van der Waals surface area (Å²) >= 11 is 0. The maximum absolute atomic E-state index is 11.1. The second-order valence-electron chi connectivity index (χ2n) is 3.05. The zero-order chi connectivity index (χ0) is 8.27. The van der Waals surface area contributed by atoms with Crippen molar-refractivity contribution < 1.29 is 9.53 Å². The summed E-state index contributed by atoms with van der Waals surface area (Å²) in [7, 11) is 1.45. The van der Waals surface area contributed by atoms with Gasteiger partial charge in [0.05, 0.1) is 13.0 Å². The van der Waals surface area contributed by atoms with Crippen LogP contribution in [0.5, 0.6) is 0 Å². The Balaban J connectivity index is 2.56. The highest BCUT2D eigenvalue weighted by molar-refractivity contribution is 5.73. The van der Waals surface area contributed by atoms with Gasteiger partial charge in [0.25, 0.3) is 0 Å². The fraction of sp³-hybridized carbons (Fsp3) is 0.667. The fourth-order valence-electron chi connectivity index (χ4n) is 1.43. The van der Waals surface area contributed by atoms with Crippen molar-refractivity contribution in [1.82, 2.24) is 0 Å². The zero-order valence-corrected chi connectivity index (χ0v) is 7.04. The molecule has 0 unspecified atom stereocenters. The zero-order valence-electron chi connectivity index (χ0n) is 7.04. The lowest BCUT2D eigenvalue weighted by atomic mass is 9.84. The number of ether oxygens (including phenoxy) is 1. The van der Waals surface area contributed by atoms with Gasteiger partial charge in [0.2, 0.25) is 0 Å². The van der Waals surface area contributed by atoms with Crippen molar-refractivity contribution in [2.75, 3.05) is 7.11 Å². The molecule has 1 rings (SSSR count). The molecule has 0 aromatic heterocycles. The van der Waals surface area contributed by atoms with Crippen LogP contribution >= 0.6 is 0 Å². The van der Waals surface area contributed by atoms with Crippen LogP contribution in [0.15, 0.2) is 12.2 Å². The molecule has 1 aliphatic rings. The van der Waals surface area contributed by atoms with E-state index in [0.29, 0.717) is 5.92 Å². The van der Waals surface area contributed by atoms with Gasteiger partial charge in [0.1, 0.15) is 0 Å². The molecule has 2 atom stereocenters. The Bertz CT molecular complexity index is 172. The van der Waals surface area contributed by atoms with E-state index in [4.69, 9.17) is 0 Å². The van der Waals surface area contributed by atoms with Crippen LogP contribution in [-0.2, 0) is 9.53 Å². The highest BCUT2D eigenvalue weighted by atomic mass is 16.5. The minimum absolute atomic E-state index is 0.0677. The Hall–Kier alpha value is -0.790. The highest BCUT2D eigenvalue weighted by Crippen LogP contribution is 2.25. The summed E-state index contributed by atoms with van der Waals surface area (Å²) in [6, 6.07) is 0. The Labute approximate surface area is 67.2 Å². The summed E-state index contributed by atoms with van der Waals surface area (Å²) in [6.45, 7) is 2.09. The first kappa shape index (κ1) is 8.31. The first-order valence-electron chi connectivity index (χ1n) is 3.98. The molecule has 0 aromatic carbocycles. The van der Waals surface area contributed by atoms with Gasteiger partial charge in [-0.1, -0.05) is 19.1 Å². The second kappa shape index (κ2) is 3.56. The number of esters is 1. The van der Waals surface area contributed by atoms with Crippen molar-refractivity contribution in [1.29, 1.82) is 0 Å². The third-order valence-corrected chi connectivity index (χ3v) is 2.26. The van der Waals surface area contributed by atoms with Gasteiger partial charge in [-0.3, -0.25) is 4.79 Å². The lowest BCUT2D eigenvalue weighted by molar-refractivity contribution is -0.147. The van der Waals surface area contributed by atoms with E-state index >= 15 is 0 Å². The molecular formula is C9H14O2. The number of rotatable bonds is 1. The molecule has 0 fully saturated rings. The number of hydrogen-bond donors (Lipinski definition) is 0. The largest absolute Gasteiger partial charge is 0.469 e. The molecule has 0 N–H and O–H groups in total. The Morgan fingerprint density at radius 2 is 2.09 bits per heavy atom. The van der Waals surface area contributed by atoms with Crippen LogP contribution in [0.1, 0.15) is 19.8 Å². The monoisotopic (exact) mass is 154 g/mol. The molecule has 0 spiro atoms. The molecular weight excluding hydrogens is 140 g/mol. The normalized spacial score (nSPS) is 30.0. The summed E-state index contributed by atoms with van der Waals surface area (Å²) in [6.07, 6.45) is 6.03. The minimum Gasteiger partial charge on any atom is -0.469 e. The highest BCUT2D eigenvalue weighted by Gasteiger charge is 2.25. The van der Waals surface area contributed by atoms with Gasteiger partial charge in [-0.2, -0.15) is 0 Å². The van der Waals surface area contributed by atoms with E-state index in [2.05, 4.69) is 23.8 Å². The van der Waals surface area contributed by atoms with Crippen molar-refractivity contribution in [2.45, 2.75) is 19.8 Å². The molecule has 11 heavy (non-hydrogen) atoms. The van der Waals surface area contributed by atoms with Crippen molar-refractivity contribution in [3.8, 4) is 0 Å². The van der Waals surface area contributed by atoms with Crippen LogP contribution in [-0.4, -0.2) is 13.1 Å². The summed E-state index contributed by atoms with van der Waals surface area (Å²) < 4.78 is 4.69. The number of hydrogen-bond acceptors (Lipinski definition) is 2. The topological polar surface area (TPSA) is 26.3 Å². The standard InChI is InChI=1S/C9H14O2/c1-7-5-3-4-6-8(7)9(10)11-2/h3-4,7-8H,5-6H2,1-2H3/t7-,8-/m0/s1. The van der Waals surface area contributed by atoms with Gasteiger partial charge < -0.3 is 4.74 Å². The van der Waals surface area contributed by atoms with Crippen LogP contribution in [0.4, 0.5) is 0 Å². The van der Waals surface area contributed by atoms with Crippen LogP contribution in [0.3, 0.4) is 0 Å². The first-order chi connectivity index (χ1) is 5.25. The van der Waals surface area contributed by atoms with Gasteiger partial charge in [0, 0.05) is 0 Å². The van der Waals surface area contributed by atoms with E-state index in [1.807, 2.05) is 0 Å². The lowest BCUT2D eigenvalue weighted by Crippen LogP contribution is -2.24.